The second kappa shape index (κ2) is 6.72. The zero-order valence-electron chi connectivity index (χ0n) is 14.5. The number of fused-ring (bicyclic) bond motifs is 1. The fourth-order valence-electron chi connectivity index (χ4n) is 3.41. The van der Waals surface area contributed by atoms with E-state index in [0.717, 1.165) is 42.8 Å². The fraction of sp³-hybridized carbons (Fsp3) is 0.368. The fourth-order valence-corrected chi connectivity index (χ4v) is 3.80. The normalized spacial score (nSPS) is 17.0. The summed E-state index contributed by atoms with van der Waals surface area (Å²) in [5.74, 6) is 1.60. The van der Waals surface area contributed by atoms with Crippen LogP contribution in [0.3, 0.4) is 0 Å². The van der Waals surface area contributed by atoms with Crippen LogP contribution in [-0.4, -0.2) is 34.0 Å². The Morgan fingerprint density at radius 3 is 2.77 bits per heavy atom. The van der Waals surface area contributed by atoms with E-state index in [2.05, 4.69) is 28.0 Å². The minimum Gasteiger partial charge on any atom is -0.355 e. The molecule has 2 N–H and O–H groups in total. The number of hydrogen-bond donors (Lipinski definition) is 1. The highest BCUT2D eigenvalue weighted by Gasteiger charge is 2.30. The maximum absolute atomic E-state index is 6.38. The van der Waals surface area contributed by atoms with Gasteiger partial charge < -0.3 is 10.6 Å². The van der Waals surface area contributed by atoms with Crippen LogP contribution in [0.5, 0.6) is 0 Å². The Balaban J connectivity index is 1.74. The molecule has 0 unspecified atom stereocenters. The molecule has 1 aromatic carbocycles. The molecule has 0 amide bonds. The predicted molar refractivity (Wildman–Crippen MR) is 106 cm³/mol. The van der Waals surface area contributed by atoms with Crippen molar-refractivity contribution >= 4 is 34.5 Å². The van der Waals surface area contributed by atoms with Crippen molar-refractivity contribution in [1.29, 1.82) is 0 Å². The summed E-state index contributed by atoms with van der Waals surface area (Å²) in [7, 11) is 0. The van der Waals surface area contributed by atoms with Gasteiger partial charge in [-0.2, -0.15) is 0 Å². The molecule has 3 aromatic rings. The Bertz CT molecular complexity index is 944. The highest BCUT2D eigenvalue weighted by Crippen LogP contribution is 2.35. The first-order valence-electron chi connectivity index (χ1n) is 8.66. The zero-order chi connectivity index (χ0) is 18.3. The highest BCUT2D eigenvalue weighted by atomic mass is 35.5. The number of rotatable bonds is 3. The first kappa shape index (κ1) is 17.6. The van der Waals surface area contributed by atoms with Gasteiger partial charge in [0.05, 0.1) is 10.0 Å². The first-order chi connectivity index (χ1) is 12.5. The van der Waals surface area contributed by atoms with Gasteiger partial charge in [-0.05, 0) is 36.9 Å². The van der Waals surface area contributed by atoms with Gasteiger partial charge in [0.15, 0.2) is 5.82 Å². The average molecular weight is 389 g/mol. The van der Waals surface area contributed by atoms with Crippen molar-refractivity contribution in [3.63, 3.8) is 0 Å². The predicted octanol–water partition coefficient (Wildman–Crippen LogP) is 4.07. The van der Waals surface area contributed by atoms with Gasteiger partial charge in [0.2, 0.25) is 0 Å². The van der Waals surface area contributed by atoms with E-state index in [1.807, 2.05) is 22.7 Å². The number of nitrogens with zero attached hydrogens (tertiary/aromatic N) is 4. The molecule has 1 radical (unpaired) electrons. The summed E-state index contributed by atoms with van der Waals surface area (Å²) in [4.78, 5) is 11.4. The maximum Gasteiger partial charge on any atom is 0.155 e. The molecule has 1 saturated heterocycles. The summed E-state index contributed by atoms with van der Waals surface area (Å²) in [5, 5.41) is 0.998. The van der Waals surface area contributed by atoms with Gasteiger partial charge in [0.1, 0.15) is 17.5 Å². The van der Waals surface area contributed by atoms with Crippen LogP contribution in [0.1, 0.15) is 19.8 Å². The van der Waals surface area contributed by atoms with E-state index >= 15 is 0 Å². The van der Waals surface area contributed by atoms with Gasteiger partial charge in [-0.25, -0.2) is 9.97 Å². The lowest BCUT2D eigenvalue weighted by molar-refractivity contribution is 0.258. The van der Waals surface area contributed by atoms with Crippen molar-refractivity contribution < 1.29 is 0 Å². The monoisotopic (exact) mass is 388 g/mol. The standard InChI is InChI=1S/C19H20Cl2N5/c1-19(12-22)5-8-25(9-6-19)18-15-11-24-17(26(15)10-7-23-18)13-3-2-4-14(20)16(13)21/h2-4,7,10H,5-6,8-9,12,22H2,1H3. The molecular formula is C19H20Cl2N5. The number of imidazole rings is 1. The van der Waals surface area contributed by atoms with Gasteiger partial charge >= 0.3 is 0 Å². The summed E-state index contributed by atoms with van der Waals surface area (Å²) in [5.41, 5.74) is 7.76. The van der Waals surface area contributed by atoms with Crippen molar-refractivity contribution in [2.24, 2.45) is 11.1 Å². The van der Waals surface area contributed by atoms with E-state index in [4.69, 9.17) is 28.9 Å². The smallest absolute Gasteiger partial charge is 0.155 e. The number of anilines is 1. The molecular weight excluding hydrogens is 369 g/mol. The molecule has 1 aliphatic heterocycles. The Kier molecular flexibility index (Phi) is 4.55. The lowest BCUT2D eigenvalue weighted by Crippen LogP contribution is -2.42. The van der Waals surface area contributed by atoms with Crippen LogP contribution in [0.25, 0.3) is 16.9 Å². The van der Waals surface area contributed by atoms with E-state index in [1.54, 1.807) is 12.3 Å². The molecule has 0 spiro atoms. The van der Waals surface area contributed by atoms with Crippen molar-refractivity contribution in [2.45, 2.75) is 19.8 Å². The Labute approximate surface area is 162 Å². The minimum absolute atomic E-state index is 0.213. The molecule has 5 nitrogen and oxygen atoms in total. The summed E-state index contributed by atoms with van der Waals surface area (Å²) in [6.45, 7) is 4.82. The first-order valence-corrected chi connectivity index (χ1v) is 9.42. The van der Waals surface area contributed by atoms with E-state index in [9.17, 15) is 0 Å². The number of nitrogens with two attached hydrogens (primary N) is 1. The van der Waals surface area contributed by atoms with E-state index in [0.29, 0.717) is 22.4 Å². The van der Waals surface area contributed by atoms with Crippen molar-refractivity contribution in [3.8, 4) is 11.4 Å². The number of hydrogen-bond acceptors (Lipinski definition) is 4. The topological polar surface area (TPSA) is 59.5 Å². The molecule has 4 rings (SSSR count). The molecule has 0 saturated carbocycles. The third kappa shape index (κ3) is 2.94. The minimum atomic E-state index is 0.213. The van der Waals surface area contributed by atoms with Crippen LogP contribution in [0.15, 0.2) is 30.6 Å². The summed E-state index contributed by atoms with van der Waals surface area (Å²) in [6, 6.07) is 5.54. The molecule has 26 heavy (non-hydrogen) atoms. The number of benzene rings is 1. The third-order valence-corrected chi connectivity index (χ3v) is 6.14. The van der Waals surface area contributed by atoms with Crippen LogP contribution in [0.2, 0.25) is 10.0 Å². The highest BCUT2D eigenvalue weighted by molar-refractivity contribution is 6.43. The largest absolute Gasteiger partial charge is 0.355 e. The van der Waals surface area contributed by atoms with Crippen LogP contribution in [-0.2, 0) is 0 Å². The number of piperidine rings is 1. The molecule has 1 aliphatic rings. The molecule has 0 bridgehead atoms. The third-order valence-electron chi connectivity index (χ3n) is 5.32. The van der Waals surface area contributed by atoms with Crippen molar-refractivity contribution in [3.05, 3.63) is 46.8 Å². The summed E-state index contributed by atoms with van der Waals surface area (Å²) in [6.07, 6.45) is 8.88. The SMILES string of the molecule is CC1(CN)CCN(c2nccn3c(-c4cccc(Cl)c4Cl)n[c]c23)CC1. The summed E-state index contributed by atoms with van der Waals surface area (Å²) >= 11 is 12.5. The van der Waals surface area contributed by atoms with Crippen LogP contribution in [0.4, 0.5) is 5.82 Å². The second-order valence-corrected chi connectivity index (χ2v) is 7.91. The number of halogens is 2. The lowest BCUT2D eigenvalue weighted by Gasteiger charge is -2.39. The van der Waals surface area contributed by atoms with Gasteiger partial charge in [0, 0.05) is 31.0 Å². The van der Waals surface area contributed by atoms with E-state index in [-0.39, 0.29) is 5.41 Å². The van der Waals surface area contributed by atoms with E-state index in [1.165, 1.54) is 0 Å². The molecule has 135 valence electrons. The van der Waals surface area contributed by atoms with Gasteiger partial charge in [-0.15, -0.1) is 0 Å². The van der Waals surface area contributed by atoms with Gasteiger partial charge in [0.25, 0.3) is 0 Å². The Morgan fingerprint density at radius 2 is 2.04 bits per heavy atom. The molecule has 3 heterocycles. The molecule has 0 aliphatic carbocycles. The Hall–Kier alpha value is -1.82. The maximum atomic E-state index is 6.38. The molecule has 7 heteroatoms. The molecule has 2 aromatic heterocycles. The number of aromatic nitrogens is 3. The van der Waals surface area contributed by atoms with Crippen LogP contribution >= 0.6 is 23.2 Å². The van der Waals surface area contributed by atoms with Gasteiger partial charge in [-0.1, -0.05) is 36.2 Å². The quantitative estimate of drug-likeness (QED) is 0.734. The van der Waals surface area contributed by atoms with Crippen molar-refractivity contribution in [2.75, 3.05) is 24.5 Å². The molecule has 0 atom stereocenters. The lowest BCUT2D eigenvalue weighted by atomic mass is 9.80. The van der Waals surface area contributed by atoms with Crippen LogP contribution < -0.4 is 10.6 Å². The second-order valence-electron chi connectivity index (χ2n) is 7.12. The zero-order valence-corrected chi connectivity index (χ0v) is 16.1. The van der Waals surface area contributed by atoms with E-state index < -0.39 is 0 Å². The average Bonchev–Trinajstić information content (AvgIpc) is 3.09. The van der Waals surface area contributed by atoms with Gasteiger partial charge in [-0.3, -0.25) is 4.40 Å². The van der Waals surface area contributed by atoms with Crippen molar-refractivity contribution in [1.82, 2.24) is 14.4 Å². The molecule has 1 fully saturated rings. The summed E-state index contributed by atoms with van der Waals surface area (Å²) < 4.78 is 1.97. The Morgan fingerprint density at radius 1 is 1.27 bits per heavy atom. The van der Waals surface area contributed by atoms with Crippen LogP contribution in [0, 0.1) is 11.6 Å².